The SMILES string of the molecule is CCc1cccc(CC)c1-n1nc2c(c1-c1cc(F)c(OC)c3[nH]cc(F)c13)CNCC2. The van der Waals surface area contributed by atoms with E-state index in [9.17, 15) is 0 Å². The largest absolute Gasteiger partial charge is 0.492 e. The predicted molar refractivity (Wildman–Crippen MR) is 121 cm³/mol. The zero-order valence-corrected chi connectivity index (χ0v) is 18.5. The Morgan fingerprint density at radius 1 is 1.12 bits per heavy atom. The van der Waals surface area contributed by atoms with E-state index in [0.29, 0.717) is 23.0 Å². The predicted octanol–water partition coefficient (Wildman–Crippen LogP) is 5.08. The molecule has 0 spiro atoms. The number of hydrogen-bond acceptors (Lipinski definition) is 3. The molecule has 2 aromatic heterocycles. The molecule has 0 saturated heterocycles. The topological polar surface area (TPSA) is 54.9 Å². The number of benzene rings is 2. The van der Waals surface area contributed by atoms with E-state index in [1.165, 1.54) is 19.4 Å². The number of rotatable bonds is 5. The number of H-pyrrole nitrogens is 1. The fourth-order valence-electron chi connectivity index (χ4n) is 4.84. The first kappa shape index (κ1) is 20.7. The monoisotopic (exact) mass is 436 g/mol. The molecule has 166 valence electrons. The van der Waals surface area contributed by atoms with Gasteiger partial charge in [-0.05, 0) is 30.0 Å². The van der Waals surface area contributed by atoms with Crippen molar-refractivity contribution in [2.24, 2.45) is 0 Å². The molecule has 5 rings (SSSR count). The lowest BCUT2D eigenvalue weighted by molar-refractivity contribution is 0.391. The van der Waals surface area contributed by atoms with Crippen molar-refractivity contribution in [3.05, 3.63) is 64.5 Å². The molecule has 2 aromatic carbocycles. The second kappa shape index (κ2) is 8.06. The summed E-state index contributed by atoms with van der Waals surface area (Å²) in [5, 5.41) is 8.70. The molecule has 0 amide bonds. The molecule has 3 heterocycles. The number of methoxy groups -OCH3 is 1. The van der Waals surface area contributed by atoms with Gasteiger partial charge in [-0.15, -0.1) is 0 Å². The van der Waals surface area contributed by atoms with Crippen LogP contribution >= 0.6 is 0 Å². The number of aromatic amines is 1. The number of fused-ring (bicyclic) bond motifs is 2. The van der Waals surface area contributed by atoms with Gasteiger partial charge in [-0.2, -0.15) is 5.10 Å². The van der Waals surface area contributed by atoms with Crippen molar-refractivity contribution in [2.75, 3.05) is 13.7 Å². The molecular weight excluding hydrogens is 410 g/mol. The van der Waals surface area contributed by atoms with Crippen LogP contribution in [0.15, 0.2) is 30.5 Å². The van der Waals surface area contributed by atoms with Crippen LogP contribution in [0.1, 0.15) is 36.2 Å². The van der Waals surface area contributed by atoms with Crippen LogP contribution < -0.4 is 10.1 Å². The summed E-state index contributed by atoms with van der Waals surface area (Å²) in [6, 6.07) is 7.63. The first-order chi connectivity index (χ1) is 15.6. The summed E-state index contributed by atoms with van der Waals surface area (Å²) < 4.78 is 37.3. The Balaban J connectivity index is 1.91. The Morgan fingerprint density at radius 2 is 1.88 bits per heavy atom. The second-order valence-corrected chi connectivity index (χ2v) is 8.07. The lowest BCUT2D eigenvalue weighted by atomic mass is 9.97. The highest BCUT2D eigenvalue weighted by Gasteiger charge is 2.28. The van der Waals surface area contributed by atoms with Crippen molar-refractivity contribution in [2.45, 2.75) is 39.7 Å². The third kappa shape index (κ3) is 3.03. The van der Waals surface area contributed by atoms with E-state index in [4.69, 9.17) is 9.84 Å². The first-order valence-corrected chi connectivity index (χ1v) is 11.0. The summed E-state index contributed by atoms with van der Waals surface area (Å²) in [7, 11) is 1.39. The Hall–Kier alpha value is -3.19. The third-order valence-electron chi connectivity index (χ3n) is 6.36. The van der Waals surface area contributed by atoms with Crippen LogP contribution in [0.25, 0.3) is 27.8 Å². The van der Waals surface area contributed by atoms with Gasteiger partial charge >= 0.3 is 0 Å². The van der Waals surface area contributed by atoms with Crippen LogP contribution in [0.4, 0.5) is 8.78 Å². The molecule has 1 aliphatic rings. The van der Waals surface area contributed by atoms with E-state index in [-0.39, 0.29) is 5.75 Å². The van der Waals surface area contributed by atoms with Crippen molar-refractivity contribution in [1.82, 2.24) is 20.1 Å². The Labute approximate surface area is 185 Å². The molecule has 0 unspecified atom stereocenters. The number of halogens is 2. The fourth-order valence-corrected chi connectivity index (χ4v) is 4.84. The highest BCUT2D eigenvalue weighted by atomic mass is 19.1. The van der Waals surface area contributed by atoms with Crippen LogP contribution in [0.5, 0.6) is 5.75 Å². The maximum absolute atomic E-state index is 15.1. The molecular formula is C25H26F2N4O. The first-order valence-electron chi connectivity index (χ1n) is 11.0. The molecule has 0 bridgehead atoms. The maximum atomic E-state index is 15.1. The van der Waals surface area contributed by atoms with Gasteiger partial charge in [0.25, 0.3) is 0 Å². The van der Waals surface area contributed by atoms with Crippen molar-refractivity contribution in [3.8, 4) is 22.7 Å². The van der Waals surface area contributed by atoms with E-state index < -0.39 is 11.6 Å². The van der Waals surface area contributed by atoms with Gasteiger partial charge < -0.3 is 15.0 Å². The van der Waals surface area contributed by atoms with E-state index in [1.807, 2.05) is 4.68 Å². The molecule has 0 aliphatic carbocycles. The highest BCUT2D eigenvalue weighted by molar-refractivity contribution is 5.99. The summed E-state index contributed by atoms with van der Waals surface area (Å²) in [6.45, 7) is 5.64. The summed E-state index contributed by atoms with van der Waals surface area (Å²) in [4.78, 5) is 2.85. The van der Waals surface area contributed by atoms with Crippen molar-refractivity contribution < 1.29 is 13.5 Å². The molecule has 0 saturated carbocycles. The number of para-hydroxylation sites is 1. The molecule has 2 N–H and O–H groups in total. The van der Waals surface area contributed by atoms with Gasteiger partial charge in [0.05, 0.1) is 29.7 Å². The van der Waals surface area contributed by atoms with Gasteiger partial charge in [-0.3, -0.25) is 0 Å². The number of aromatic nitrogens is 3. The summed E-state index contributed by atoms with van der Waals surface area (Å²) in [6.07, 6.45) is 3.67. The summed E-state index contributed by atoms with van der Waals surface area (Å²) in [5.74, 6) is -0.978. The van der Waals surface area contributed by atoms with E-state index in [1.54, 1.807) is 0 Å². The molecule has 32 heavy (non-hydrogen) atoms. The minimum absolute atomic E-state index is 0.00825. The minimum Gasteiger partial charge on any atom is -0.492 e. The standard InChI is InChI=1S/C25H26F2N4O/c1-4-14-7-6-8-15(5-2)23(14)31-24(17-12-28-10-9-20(17)30-31)16-11-18(26)25(32-3)22-21(16)19(27)13-29-22/h6-8,11,13,28-29H,4-5,9-10,12H2,1-3H3. The smallest absolute Gasteiger partial charge is 0.178 e. The van der Waals surface area contributed by atoms with Crippen LogP contribution in [0.2, 0.25) is 0 Å². The zero-order chi connectivity index (χ0) is 22.4. The lowest BCUT2D eigenvalue weighted by Gasteiger charge is -2.18. The molecule has 0 radical (unpaired) electrons. The Morgan fingerprint density at radius 3 is 2.56 bits per heavy atom. The van der Waals surface area contributed by atoms with Crippen LogP contribution in [0, 0.1) is 11.6 Å². The molecule has 7 heteroatoms. The Bertz CT molecular complexity index is 1300. The molecule has 4 aromatic rings. The average Bonchev–Trinajstić information content (AvgIpc) is 3.39. The van der Waals surface area contributed by atoms with E-state index >= 15 is 8.78 Å². The van der Waals surface area contributed by atoms with Gasteiger partial charge in [0.15, 0.2) is 11.6 Å². The molecule has 0 atom stereocenters. The van der Waals surface area contributed by atoms with Crippen LogP contribution in [-0.2, 0) is 25.8 Å². The quantitative estimate of drug-likeness (QED) is 0.459. The molecule has 5 nitrogen and oxygen atoms in total. The zero-order valence-electron chi connectivity index (χ0n) is 18.5. The normalized spacial score (nSPS) is 13.5. The van der Waals surface area contributed by atoms with Crippen molar-refractivity contribution in [1.29, 1.82) is 0 Å². The van der Waals surface area contributed by atoms with Gasteiger partial charge in [-0.25, -0.2) is 13.5 Å². The second-order valence-electron chi connectivity index (χ2n) is 8.07. The average molecular weight is 437 g/mol. The number of ether oxygens (including phenoxy) is 1. The van der Waals surface area contributed by atoms with Gasteiger partial charge in [0.2, 0.25) is 0 Å². The third-order valence-corrected chi connectivity index (χ3v) is 6.36. The fraction of sp³-hybridized carbons (Fsp3) is 0.320. The van der Waals surface area contributed by atoms with E-state index in [2.05, 4.69) is 42.3 Å². The summed E-state index contributed by atoms with van der Waals surface area (Å²) in [5.41, 5.74) is 6.77. The van der Waals surface area contributed by atoms with Crippen molar-refractivity contribution in [3.63, 3.8) is 0 Å². The minimum atomic E-state index is -0.540. The Kier molecular flexibility index (Phi) is 5.21. The van der Waals surface area contributed by atoms with E-state index in [0.717, 1.165) is 59.6 Å². The number of nitrogens with zero attached hydrogens (tertiary/aromatic N) is 2. The summed E-state index contributed by atoms with van der Waals surface area (Å²) >= 11 is 0. The molecule has 1 aliphatic heterocycles. The van der Waals surface area contributed by atoms with Gasteiger partial charge in [0, 0.05) is 42.2 Å². The van der Waals surface area contributed by atoms with Gasteiger partial charge in [0.1, 0.15) is 5.82 Å². The van der Waals surface area contributed by atoms with Gasteiger partial charge in [-0.1, -0.05) is 32.0 Å². The van der Waals surface area contributed by atoms with Crippen LogP contribution in [0.3, 0.4) is 0 Å². The number of hydrogen-bond donors (Lipinski definition) is 2. The molecule has 0 fully saturated rings. The van der Waals surface area contributed by atoms with Crippen LogP contribution in [-0.4, -0.2) is 28.4 Å². The number of aryl methyl sites for hydroxylation is 2. The maximum Gasteiger partial charge on any atom is 0.178 e. The highest BCUT2D eigenvalue weighted by Crippen LogP contribution is 2.41. The van der Waals surface area contributed by atoms with Crippen molar-refractivity contribution >= 4 is 10.9 Å². The number of nitrogens with one attached hydrogen (secondary N) is 2. The lowest BCUT2D eigenvalue weighted by Crippen LogP contribution is -2.23.